The molecular formula is C21H24N6OS. The first-order valence-electron chi connectivity index (χ1n) is 10.4. The van der Waals surface area contributed by atoms with Gasteiger partial charge in [-0.2, -0.15) is 0 Å². The summed E-state index contributed by atoms with van der Waals surface area (Å²) in [6, 6.07) is 0.420. The summed E-state index contributed by atoms with van der Waals surface area (Å²) in [7, 11) is 2.21. The summed E-state index contributed by atoms with van der Waals surface area (Å²) < 4.78 is 6.10. The fourth-order valence-electron chi connectivity index (χ4n) is 4.93. The second kappa shape index (κ2) is 6.97. The van der Waals surface area contributed by atoms with E-state index in [0.717, 1.165) is 55.4 Å². The number of morpholine rings is 1. The lowest BCUT2D eigenvalue weighted by molar-refractivity contribution is -0.0362. The van der Waals surface area contributed by atoms with Crippen molar-refractivity contribution < 1.29 is 4.74 Å². The van der Waals surface area contributed by atoms with E-state index < -0.39 is 0 Å². The number of aryl methyl sites for hydroxylation is 2. The fourth-order valence-corrected chi connectivity index (χ4v) is 6.18. The van der Waals surface area contributed by atoms with Crippen molar-refractivity contribution in [1.82, 2.24) is 24.8 Å². The number of rotatable bonds is 2. The third-order valence-electron chi connectivity index (χ3n) is 6.47. The number of hydrogen-bond acceptors (Lipinski definition) is 8. The molecule has 5 heterocycles. The van der Waals surface area contributed by atoms with E-state index in [1.54, 1.807) is 18.6 Å². The standard InChI is InChI=1S/C21H24N6OS/c1-26-8-9-28-16-12-27(11-15(16)26)20-18-13-4-2-3-5-17(13)29-21(18)25-19(24-20)14-10-22-6-7-23-14/h6-7,10,15-16H,2-5,8-9,11-12H2,1H3. The van der Waals surface area contributed by atoms with Crippen LogP contribution in [0.4, 0.5) is 5.82 Å². The molecule has 3 aliphatic rings. The molecule has 6 rings (SSSR count). The molecule has 0 spiro atoms. The van der Waals surface area contributed by atoms with Crippen LogP contribution in [0.2, 0.25) is 0 Å². The van der Waals surface area contributed by atoms with E-state index in [2.05, 4.69) is 26.8 Å². The molecule has 1 aliphatic carbocycles. The molecule has 2 aliphatic heterocycles. The maximum absolute atomic E-state index is 6.10. The highest BCUT2D eigenvalue weighted by atomic mass is 32.1. The van der Waals surface area contributed by atoms with Gasteiger partial charge in [-0.15, -0.1) is 11.3 Å². The summed E-state index contributed by atoms with van der Waals surface area (Å²) in [6.07, 6.45) is 10.2. The quantitative estimate of drug-likeness (QED) is 0.645. The van der Waals surface area contributed by atoms with Gasteiger partial charge in [0.15, 0.2) is 5.82 Å². The third kappa shape index (κ3) is 2.93. The molecule has 0 amide bonds. The van der Waals surface area contributed by atoms with Gasteiger partial charge < -0.3 is 9.64 Å². The Morgan fingerprint density at radius 3 is 2.93 bits per heavy atom. The molecule has 8 heteroatoms. The Kier molecular flexibility index (Phi) is 4.25. The number of nitrogens with zero attached hydrogens (tertiary/aromatic N) is 6. The predicted molar refractivity (Wildman–Crippen MR) is 113 cm³/mol. The van der Waals surface area contributed by atoms with Gasteiger partial charge in [0.2, 0.25) is 0 Å². The highest BCUT2D eigenvalue weighted by molar-refractivity contribution is 7.19. The predicted octanol–water partition coefficient (Wildman–Crippen LogP) is 2.55. The number of fused-ring (bicyclic) bond motifs is 4. The molecular weight excluding hydrogens is 384 g/mol. The van der Waals surface area contributed by atoms with Crippen molar-refractivity contribution in [3.8, 4) is 11.5 Å². The lowest BCUT2D eigenvalue weighted by Gasteiger charge is -2.33. The molecule has 0 saturated carbocycles. The number of anilines is 1. The van der Waals surface area contributed by atoms with Gasteiger partial charge in [-0.1, -0.05) is 0 Å². The van der Waals surface area contributed by atoms with Crippen molar-refractivity contribution in [2.45, 2.75) is 37.8 Å². The molecule has 7 nitrogen and oxygen atoms in total. The van der Waals surface area contributed by atoms with E-state index in [1.807, 2.05) is 11.3 Å². The summed E-state index contributed by atoms with van der Waals surface area (Å²) in [6.45, 7) is 3.62. The molecule has 0 aromatic carbocycles. The summed E-state index contributed by atoms with van der Waals surface area (Å²) in [5.41, 5.74) is 2.20. The number of likely N-dealkylation sites (N-methyl/N-ethyl adjacent to an activating group) is 1. The smallest absolute Gasteiger partial charge is 0.183 e. The van der Waals surface area contributed by atoms with Gasteiger partial charge in [0.25, 0.3) is 0 Å². The maximum Gasteiger partial charge on any atom is 0.183 e. The van der Waals surface area contributed by atoms with Gasteiger partial charge in [-0.25, -0.2) is 15.0 Å². The van der Waals surface area contributed by atoms with Crippen LogP contribution in [-0.2, 0) is 17.6 Å². The first kappa shape index (κ1) is 17.7. The number of thiophene rings is 1. The van der Waals surface area contributed by atoms with Gasteiger partial charge in [0.1, 0.15) is 16.3 Å². The summed E-state index contributed by atoms with van der Waals surface area (Å²) >= 11 is 1.84. The van der Waals surface area contributed by atoms with Crippen LogP contribution in [0.5, 0.6) is 0 Å². The highest BCUT2D eigenvalue weighted by Gasteiger charge is 2.40. The summed E-state index contributed by atoms with van der Waals surface area (Å²) in [4.78, 5) is 26.1. The molecule has 0 bridgehead atoms. The van der Waals surface area contributed by atoms with Crippen LogP contribution in [-0.4, -0.2) is 70.3 Å². The van der Waals surface area contributed by atoms with Crippen LogP contribution >= 0.6 is 11.3 Å². The Morgan fingerprint density at radius 1 is 1.14 bits per heavy atom. The van der Waals surface area contributed by atoms with Gasteiger partial charge in [-0.05, 0) is 38.3 Å². The molecule has 2 saturated heterocycles. The second-order valence-corrected chi connectivity index (χ2v) is 9.30. The van der Waals surface area contributed by atoms with E-state index in [0.29, 0.717) is 11.9 Å². The number of ether oxygens (including phenoxy) is 1. The second-order valence-electron chi connectivity index (χ2n) is 8.21. The molecule has 0 N–H and O–H groups in total. The van der Waals surface area contributed by atoms with Gasteiger partial charge >= 0.3 is 0 Å². The van der Waals surface area contributed by atoms with Crippen LogP contribution in [0.1, 0.15) is 23.3 Å². The molecule has 2 atom stereocenters. The molecule has 150 valence electrons. The van der Waals surface area contributed by atoms with Crippen molar-refractivity contribution in [3.63, 3.8) is 0 Å². The van der Waals surface area contributed by atoms with Crippen molar-refractivity contribution >= 4 is 27.4 Å². The van der Waals surface area contributed by atoms with Crippen molar-refractivity contribution in [2.24, 2.45) is 0 Å². The SMILES string of the molecule is CN1CCOC2CN(c3nc(-c4cnccn4)nc4sc5c(c34)CCCC5)CC21. The van der Waals surface area contributed by atoms with Gasteiger partial charge in [0, 0.05) is 36.9 Å². The lowest BCUT2D eigenvalue weighted by Crippen LogP contribution is -2.48. The summed E-state index contributed by atoms with van der Waals surface area (Å²) in [5.74, 6) is 1.73. The van der Waals surface area contributed by atoms with Crippen LogP contribution in [0.25, 0.3) is 21.7 Å². The van der Waals surface area contributed by atoms with E-state index >= 15 is 0 Å². The molecule has 2 fully saturated rings. The lowest BCUT2D eigenvalue weighted by atomic mass is 9.97. The van der Waals surface area contributed by atoms with Crippen LogP contribution in [0.3, 0.4) is 0 Å². The first-order chi connectivity index (χ1) is 14.3. The Bertz CT molecular complexity index is 1050. The van der Waals surface area contributed by atoms with E-state index in [4.69, 9.17) is 14.7 Å². The molecule has 29 heavy (non-hydrogen) atoms. The number of hydrogen-bond donors (Lipinski definition) is 0. The minimum atomic E-state index is 0.244. The molecule has 2 unspecified atom stereocenters. The molecule has 0 radical (unpaired) electrons. The monoisotopic (exact) mass is 408 g/mol. The zero-order valence-electron chi connectivity index (χ0n) is 16.5. The van der Waals surface area contributed by atoms with Crippen LogP contribution in [0, 0.1) is 0 Å². The van der Waals surface area contributed by atoms with E-state index in [1.165, 1.54) is 28.7 Å². The Balaban J connectivity index is 1.51. The largest absolute Gasteiger partial charge is 0.373 e. The minimum absolute atomic E-state index is 0.244. The van der Waals surface area contributed by atoms with Crippen molar-refractivity contribution in [2.75, 3.05) is 38.2 Å². The Labute approximate surface area is 173 Å². The van der Waals surface area contributed by atoms with Gasteiger partial charge in [-0.3, -0.25) is 9.88 Å². The average Bonchev–Trinajstić information content (AvgIpc) is 3.36. The minimum Gasteiger partial charge on any atom is -0.373 e. The highest BCUT2D eigenvalue weighted by Crippen LogP contribution is 2.41. The number of aromatic nitrogens is 4. The maximum atomic E-state index is 6.10. The zero-order chi connectivity index (χ0) is 19.4. The van der Waals surface area contributed by atoms with Crippen LogP contribution in [0.15, 0.2) is 18.6 Å². The zero-order valence-corrected chi connectivity index (χ0v) is 17.4. The normalized spacial score (nSPS) is 24.7. The third-order valence-corrected chi connectivity index (χ3v) is 7.65. The van der Waals surface area contributed by atoms with Crippen LogP contribution < -0.4 is 4.90 Å². The van der Waals surface area contributed by atoms with E-state index in [-0.39, 0.29) is 6.10 Å². The Hall–Kier alpha value is -2.16. The van der Waals surface area contributed by atoms with Crippen molar-refractivity contribution in [3.05, 3.63) is 29.0 Å². The molecule has 3 aromatic heterocycles. The Morgan fingerprint density at radius 2 is 2.07 bits per heavy atom. The van der Waals surface area contributed by atoms with Gasteiger partial charge in [0.05, 0.1) is 30.3 Å². The van der Waals surface area contributed by atoms with E-state index in [9.17, 15) is 0 Å². The molecule has 3 aromatic rings. The summed E-state index contributed by atoms with van der Waals surface area (Å²) in [5, 5.41) is 1.26. The fraction of sp³-hybridized carbons (Fsp3) is 0.524. The first-order valence-corrected chi connectivity index (χ1v) is 11.2. The van der Waals surface area contributed by atoms with Crippen molar-refractivity contribution in [1.29, 1.82) is 0 Å². The topological polar surface area (TPSA) is 67.3 Å². The average molecular weight is 409 g/mol.